The molecule has 0 amide bonds. The summed E-state index contributed by atoms with van der Waals surface area (Å²) in [7, 11) is 0. The molecule has 0 N–H and O–H groups in total. The Morgan fingerprint density at radius 1 is 0.778 bits per heavy atom. The van der Waals surface area contributed by atoms with E-state index in [1.165, 1.54) is 0 Å². The van der Waals surface area contributed by atoms with Crippen LogP contribution in [-0.4, -0.2) is 49.8 Å². The van der Waals surface area contributed by atoms with Crippen molar-refractivity contribution in [3.05, 3.63) is 0 Å². The van der Waals surface area contributed by atoms with Crippen LogP contribution in [0.1, 0.15) is 41.5 Å². The van der Waals surface area contributed by atoms with Gasteiger partial charge in [0.1, 0.15) is 12.2 Å². The molecule has 2 atom stereocenters. The summed E-state index contributed by atoms with van der Waals surface area (Å²) >= 11 is 0. The van der Waals surface area contributed by atoms with Crippen LogP contribution in [0, 0.1) is 0 Å². The summed E-state index contributed by atoms with van der Waals surface area (Å²) in [5.41, 5.74) is -0.0160. The largest absolute Gasteiger partial charge is 0.373 e. The predicted octanol–water partition coefficient (Wildman–Crippen LogP) is 2.40. The minimum Gasteiger partial charge on any atom is -0.373 e. The highest BCUT2D eigenvalue weighted by Gasteiger charge is 2.25. The van der Waals surface area contributed by atoms with Gasteiger partial charge >= 0.3 is 0 Å². The zero-order valence-electron chi connectivity index (χ0n) is 12.6. The third-order valence-electron chi connectivity index (χ3n) is 2.21. The molecule has 4 nitrogen and oxygen atoms in total. The highest BCUT2D eigenvalue weighted by molar-refractivity contribution is 4.71. The number of hydrogen-bond acceptors (Lipinski definition) is 4. The molecule has 0 aromatic rings. The minimum atomic E-state index is -0.00799. The highest BCUT2D eigenvalue weighted by Crippen LogP contribution is 2.14. The molecule has 2 unspecified atom stereocenters. The molecule has 0 aromatic carbocycles. The van der Waals surface area contributed by atoms with Crippen LogP contribution in [0.5, 0.6) is 0 Å². The number of ether oxygens (including phenoxy) is 4. The van der Waals surface area contributed by atoms with Crippen molar-refractivity contribution in [3.63, 3.8) is 0 Å². The van der Waals surface area contributed by atoms with E-state index in [9.17, 15) is 0 Å². The third-order valence-corrected chi connectivity index (χ3v) is 2.21. The molecule has 18 heavy (non-hydrogen) atoms. The van der Waals surface area contributed by atoms with Gasteiger partial charge in [-0.2, -0.15) is 0 Å². The Kier molecular flexibility index (Phi) is 5.59. The van der Waals surface area contributed by atoms with Gasteiger partial charge in [0.2, 0.25) is 0 Å². The standard InChI is InChI=1S/2C7H14O2/c2*1-7(2,3)9-5-6-4-8-6/h2*6H,4-5H2,1-3H3. The van der Waals surface area contributed by atoms with Crippen LogP contribution in [0.15, 0.2) is 0 Å². The normalized spacial score (nSPS) is 26.3. The van der Waals surface area contributed by atoms with E-state index in [4.69, 9.17) is 18.9 Å². The SMILES string of the molecule is CC(C)(C)OCC1CO1.CC(C)(C)OCC1CO1. The topological polar surface area (TPSA) is 43.5 Å². The lowest BCUT2D eigenvalue weighted by molar-refractivity contribution is -0.0107. The molecule has 0 aliphatic carbocycles. The molecule has 108 valence electrons. The van der Waals surface area contributed by atoms with Crippen molar-refractivity contribution in [2.24, 2.45) is 0 Å². The van der Waals surface area contributed by atoms with Crippen molar-refractivity contribution in [3.8, 4) is 0 Å². The smallest absolute Gasteiger partial charge is 0.104 e. The fourth-order valence-electron chi connectivity index (χ4n) is 1.01. The van der Waals surface area contributed by atoms with Crippen molar-refractivity contribution in [1.82, 2.24) is 0 Å². The third kappa shape index (κ3) is 11.0. The van der Waals surface area contributed by atoms with Gasteiger partial charge in [-0.15, -0.1) is 0 Å². The fourth-order valence-corrected chi connectivity index (χ4v) is 1.01. The lowest BCUT2D eigenvalue weighted by atomic mass is 10.2. The lowest BCUT2D eigenvalue weighted by Gasteiger charge is -2.18. The maximum absolute atomic E-state index is 5.43. The van der Waals surface area contributed by atoms with Gasteiger partial charge in [-0.1, -0.05) is 0 Å². The van der Waals surface area contributed by atoms with Crippen LogP contribution in [0.25, 0.3) is 0 Å². The summed E-state index contributed by atoms with van der Waals surface area (Å²) in [6.45, 7) is 15.6. The summed E-state index contributed by atoms with van der Waals surface area (Å²) in [6.07, 6.45) is 0.786. The first-order valence-corrected chi connectivity index (χ1v) is 6.67. The Morgan fingerprint density at radius 2 is 1.06 bits per heavy atom. The summed E-state index contributed by atoms with van der Waals surface area (Å²) in [5, 5.41) is 0. The summed E-state index contributed by atoms with van der Waals surface area (Å²) in [5.74, 6) is 0. The van der Waals surface area contributed by atoms with Crippen molar-refractivity contribution < 1.29 is 18.9 Å². The van der Waals surface area contributed by atoms with Gasteiger partial charge in [0.05, 0.1) is 37.6 Å². The second-order valence-electron chi connectivity index (χ2n) is 6.76. The summed E-state index contributed by atoms with van der Waals surface area (Å²) in [4.78, 5) is 0. The van der Waals surface area contributed by atoms with E-state index < -0.39 is 0 Å². The second kappa shape index (κ2) is 6.33. The average molecular weight is 260 g/mol. The average Bonchev–Trinajstić information content (AvgIpc) is 3.05. The Hall–Kier alpha value is -0.160. The van der Waals surface area contributed by atoms with E-state index in [2.05, 4.69) is 41.5 Å². The maximum atomic E-state index is 5.43. The van der Waals surface area contributed by atoms with Crippen molar-refractivity contribution >= 4 is 0 Å². The van der Waals surface area contributed by atoms with E-state index in [0.717, 1.165) is 26.4 Å². The van der Waals surface area contributed by atoms with Gasteiger partial charge in [0, 0.05) is 0 Å². The van der Waals surface area contributed by atoms with Crippen LogP contribution >= 0.6 is 0 Å². The van der Waals surface area contributed by atoms with Crippen LogP contribution in [-0.2, 0) is 18.9 Å². The molecule has 4 heteroatoms. The predicted molar refractivity (Wildman–Crippen MR) is 70.9 cm³/mol. The van der Waals surface area contributed by atoms with Gasteiger partial charge in [-0.25, -0.2) is 0 Å². The van der Waals surface area contributed by atoms with E-state index in [-0.39, 0.29) is 11.2 Å². The van der Waals surface area contributed by atoms with E-state index in [0.29, 0.717) is 12.2 Å². The molecule has 2 heterocycles. The zero-order chi connectivity index (χ0) is 13.8. The molecule has 0 aromatic heterocycles. The van der Waals surface area contributed by atoms with Crippen molar-refractivity contribution in [2.75, 3.05) is 26.4 Å². The first-order valence-electron chi connectivity index (χ1n) is 6.67. The second-order valence-corrected chi connectivity index (χ2v) is 6.76. The Balaban J connectivity index is 0.000000180. The van der Waals surface area contributed by atoms with Crippen LogP contribution in [0.3, 0.4) is 0 Å². The highest BCUT2D eigenvalue weighted by atomic mass is 16.6. The van der Waals surface area contributed by atoms with Gasteiger partial charge in [-0.05, 0) is 41.5 Å². The van der Waals surface area contributed by atoms with Crippen LogP contribution in [0.2, 0.25) is 0 Å². The number of rotatable bonds is 4. The molecular weight excluding hydrogens is 232 g/mol. The van der Waals surface area contributed by atoms with E-state index >= 15 is 0 Å². The van der Waals surface area contributed by atoms with E-state index in [1.54, 1.807) is 0 Å². The van der Waals surface area contributed by atoms with Crippen LogP contribution < -0.4 is 0 Å². The molecule has 0 radical (unpaired) electrons. The van der Waals surface area contributed by atoms with Gasteiger partial charge in [-0.3, -0.25) is 0 Å². The van der Waals surface area contributed by atoms with Crippen molar-refractivity contribution in [1.29, 1.82) is 0 Å². The van der Waals surface area contributed by atoms with Crippen molar-refractivity contribution in [2.45, 2.75) is 65.0 Å². The lowest BCUT2D eigenvalue weighted by Crippen LogP contribution is -2.21. The molecule has 2 saturated heterocycles. The minimum absolute atomic E-state index is 0.00799. The molecule has 2 rings (SSSR count). The molecule has 2 aliphatic heterocycles. The Bertz CT molecular complexity index is 205. The fraction of sp³-hybridized carbons (Fsp3) is 1.00. The first-order chi connectivity index (χ1) is 8.16. The molecule has 0 bridgehead atoms. The first kappa shape index (κ1) is 15.9. The molecule has 2 fully saturated rings. The number of epoxide rings is 2. The monoisotopic (exact) mass is 260 g/mol. The number of hydrogen-bond donors (Lipinski definition) is 0. The molecule has 2 aliphatic rings. The summed E-state index contributed by atoms with van der Waals surface area (Å²) in [6, 6.07) is 0. The Morgan fingerprint density at radius 3 is 1.22 bits per heavy atom. The molecule has 0 saturated carbocycles. The molecule has 0 spiro atoms. The molecular formula is C14H28O4. The Labute approximate surface area is 111 Å². The van der Waals surface area contributed by atoms with Gasteiger partial charge in [0.15, 0.2) is 0 Å². The van der Waals surface area contributed by atoms with E-state index in [1.807, 2.05) is 0 Å². The van der Waals surface area contributed by atoms with Gasteiger partial charge < -0.3 is 18.9 Å². The maximum Gasteiger partial charge on any atom is 0.104 e. The zero-order valence-corrected chi connectivity index (χ0v) is 12.6. The summed E-state index contributed by atoms with van der Waals surface area (Å²) < 4.78 is 20.8. The quantitative estimate of drug-likeness (QED) is 0.728. The van der Waals surface area contributed by atoms with Crippen LogP contribution in [0.4, 0.5) is 0 Å². The van der Waals surface area contributed by atoms with Gasteiger partial charge in [0.25, 0.3) is 0 Å².